The first-order chi connectivity index (χ1) is 8.45. The fraction of sp³-hybridized carbons (Fsp3) is 0.400. The molecule has 0 heterocycles. The largest absolute Gasteiger partial charge is 0.466 e. The summed E-state index contributed by atoms with van der Waals surface area (Å²) < 4.78 is 4.80. The van der Waals surface area contributed by atoms with Crippen LogP contribution in [0.2, 0.25) is 5.02 Å². The van der Waals surface area contributed by atoms with Crippen LogP contribution in [0.25, 0.3) is 5.57 Å². The molecule has 98 valence electrons. The van der Waals surface area contributed by atoms with Crippen LogP contribution in [0, 0.1) is 5.92 Å². The highest BCUT2D eigenvalue weighted by Crippen LogP contribution is 2.27. The third-order valence-electron chi connectivity index (χ3n) is 2.75. The van der Waals surface area contributed by atoms with Crippen LogP contribution >= 0.6 is 11.6 Å². The van der Waals surface area contributed by atoms with Crippen LogP contribution in [0.1, 0.15) is 32.8 Å². The average Bonchev–Trinajstić information content (AvgIpc) is 2.35. The number of hydrogen-bond acceptors (Lipinski definition) is 2. The molecule has 0 unspecified atom stereocenters. The van der Waals surface area contributed by atoms with Gasteiger partial charge in [-0.1, -0.05) is 37.6 Å². The molecule has 0 aliphatic heterocycles. The molecule has 2 nitrogen and oxygen atoms in total. The van der Waals surface area contributed by atoms with Gasteiger partial charge in [-0.05, 0) is 42.5 Å². The van der Waals surface area contributed by atoms with Crippen molar-refractivity contribution in [3.8, 4) is 0 Å². The van der Waals surface area contributed by atoms with Gasteiger partial charge in [0.05, 0.1) is 7.11 Å². The first kappa shape index (κ1) is 14.8. The molecule has 0 saturated heterocycles. The van der Waals surface area contributed by atoms with E-state index in [0.29, 0.717) is 16.5 Å². The lowest BCUT2D eigenvalue weighted by Gasteiger charge is -2.14. The first-order valence-electron chi connectivity index (χ1n) is 5.99. The highest BCUT2D eigenvalue weighted by molar-refractivity contribution is 6.30. The third kappa shape index (κ3) is 3.88. The van der Waals surface area contributed by atoms with Crippen molar-refractivity contribution in [2.75, 3.05) is 7.11 Å². The lowest BCUT2D eigenvalue weighted by molar-refractivity contribution is -0.135. The van der Waals surface area contributed by atoms with Crippen LogP contribution < -0.4 is 0 Å². The molecule has 1 rings (SSSR count). The SMILES string of the molecule is COC(=O)/C(C)=C(/CC(C)C)c1ccc(Cl)cc1. The molecule has 3 heteroatoms. The predicted octanol–water partition coefficient (Wildman–Crippen LogP) is 4.33. The molecule has 0 radical (unpaired) electrons. The Kier molecular flexibility index (Phi) is 5.42. The molecule has 0 N–H and O–H groups in total. The second kappa shape index (κ2) is 6.60. The molecule has 0 spiro atoms. The number of methoxy groups -OCH3 is 1. The Bertz CT molecular complexity index is 444. The van der Waals surface area contributed by atoms with Gasteiger partial charge in [-0.25, -0.2) is 4.79 Å². The Hall–Kier alpha value is -1.28. The Balaban J connectivity index is 3.20. The zero-order valence-corrected chi connectivity index (χ0v) is 12.0. The molecule has 0 aromatic heterocycles. The third-order valence-corrected chi connectivity index (χ3v) is 3.00. The van der Waals surface area contributed by atoms with Crippen molar-refractivity contribution in [3.63, 3.8) is 0 Å². The van der Waals surface area contributed by atoms with Crippen LogP contribution in [-0.4, -0.2) is 13.1 Å². The lowest BCUT2D eigenvalue weighted by atomic mass is 9.92. The number of hydrogen-bond donors (Lipinski definition) is 0. The molecule has 0 atom stereocenters. The topological polar surface area (TPSA) is 26.3 Å². The fourth-order valence-corrected chi connectivity index (χ4v) is 1.95. The number of benzene rings is 1. The molecule has 0 aliphatic rings. The van der Waals surface area contributed by atoms with Crippen molar-refractivity contribution in [1.82, 2.24) is 0 Å². The van der Waals surface area contributed by atoms with E-state index < -0.39 is 0 Å². The zero-order valence-electron chi connectivity index (χ0n) is 11.3. The predicted molar refractivity (Wildman–Crippen MR) is 75.5 cm³/mol. The maximum absolute atomic E-state index is 11.7. The van der Waals surface area contributed by atoms with E-state index in [0.717, 1.165) is 17.6 Å². The lowest BCUT2D eigenvalue weighted by Crippen LogP contribution is -2.06. The minimum atomic E-state index is -0.277. The smallest absolute Gasteiger partial charge is 0.333 e. The van der Waals surface area contributed by atoms with Gasteiger partial charge < -0.3 is 4.74 Å². The van der Waals surface area contributed by atoms with Gasteiger partial charge in [0.1, 0.15) is 0 Å². The van der Waals surface area contributed by atoms with Crippen LogP contribution in [0.4, 0.5) is 0 Å². The minimum absolute atomic E-state index is 0.277. The molecule has 0 bridgehead atoms. The summed E-state index contributed by atoms with van der Waals surface area (Å²) in [6, 6.07) is 7.54. The van der Waals surface area contributed by atoms with Gasteiger partial charge in [-0.15, -0.1) is 0 Å². The van der Waals surface area contributed by atoms with Gasteiger partial charge >= 0.3 is 5.97 Å². The van der Waals surface area contributed by atoms with E-state index >= 15 is 0 Å². The second-order valence-corrected chi connectivity index (χ2v) is 5.14. The van der Waals surface area contributed by atoms with Crippen molar-refractivity contribution >= 4 is 23.1 Å². The zero-order chi connectivity index (χ0) is 13.7. The summed E-state index contributed by atoms with van der Waals surface area (Å²) >= 11 is 5.88. The maximum atomic E-state index is 11.7. The van der Waals surface area contributed by atoms with E-state index in [-0.39, 0.29) is 5.97 Å². The van der Waals surface area contributed by atoms with E-state index in [2.05, 4.69) is 13.8 Å². The first-order valence-corrected chi connectivity index (χ1v) is 6.37. The fourth-order valence-electron chi connectivity index (χ4n) is 1.82. The number of halogens is 1. The van der Waals surface area contributed by atoms with Crippen LogP contribution in [0.15, 0.2) is 29.8 Å². The molecule has 0 fully saturated rings. The minimum Gasteiger partial charge on any atom is -0.466 e. The maximum Gasteiger partial charge on any atom is 0.333 e. The molecule has 1 aromatic carbocycles. The van der Waals surface area contributed by atoms with Crippen molar-refractivity contribution in [2.24, 2.45) is 5.92 Å². The molecular weight excluding hydrogens is 248 g/mol. The van der Waals surface area contributed by atoms with E-state index in [1.807, 2.05) is 24.3 Å². The monoisotopic (exact) mass is 266 g/mol. The van der Waals surface area contributed by atoms with E-state index in [1.165, 1.54) is 7.11 Å². The van der Waals surface area contributed by atoms with Gasteiger partial charge in [0.25, 0.3) is 0 Å². The van der Waals surface area contributed by atoms with E-state index in [9.17, 15) is 4.79 Å². The summed E-state index contributed by atoms with van der Waals surface area (Å²) in [4.78, 5) is 11.7. The highest BCUT2D eigenvalue weighted by Gasteiger charge is 2.14. The quantitative estimate of drug-likeness (QED) is 0.599. The molecule has 0 aliphatic carbocycles. The summed E-state index contributed by atoms with van der Waals surface area (Å²) in [5.41, 5.74) is 2.71. The summed E-state index contributed by atoms with van der Waals surface area (Å²) in [6.45, 7) is 6.05. The summed E-state index contributed by atoms with van der Waals surface area (Å²) in [5, 5.41) is 0.693. The Morgan fingerprint density at radius 2 is 1.83 bits per heavy atom. The summed E-state index contributed by atoms with van der Waals surface area (Å²) in [6.07, 6.45) is 0.836. The van der Waals surface area contributed by atoms with Gasteiger partial charge in [0, 0.05) is 10.6 Å². The number of ether oxygens (including phenoxy) is 1. The number of esters is 1. The van der Waals surface area contributed by atoms with E-state index in [4.69, 9.17) is 16.3 Å². The van der Waals surface area contributed by atoms with Gasteiger partial charge in [-0.2, -0.15) is 0 Å². The van der Waals surface area contributed by atoms with Crippen molar-refractivity contribution in [3.05, 3.63) is 40.4 Å². The Morgan fingerprint density at radius 3 is 2.28 bits per heavy atom. The summed E-state index contributed by atoms with van der Waals surface area (Å²) in [7, 11) is 1.40. The van der Waals surface area contributed by atoms with Crippen LogP contribution in [0.3, 0.4) is 0 Å². The number of carbonyl (C=O) groups is 1. The van der Waals surface area contributed by atoms with Crippen LogP contribution in [0.5, 0.6) is 0 Å². The second-order valence-electron chi connectivity index (χ2n) is 4.70. The van der Waals surface area contributed by atoms with Gasteiger partial charge in [0.2, 0.25) is 0 Å². The summed E-state index contributed by atoms with van der Waals surface area (Å²) in [5.74, 6) is 0.191. The molecular formula is C15H19ClO2. The Labute approximate surface area is 114 Å². The number of carbonyl (C=O) groups excluding carboxylic acids is 1. The van der Waals surface area contributed by atoms with Crippen molar-refractivity contribution in [2.45, 2.75) is 27.2 Å². The highest BCUT2D eigenvalue weighted by atomic mass is 35.5. The van der Waals surface area contributed by atoms with Gasteiger partial charge in [0.15, 0.2) is 0 Å². The van der Waals surface area contributed by atoms with Crippen molar-refractivity contribution in [1.29, 1.82) is 0 Å². The van der Waals surface area contributed by atoms with E-state index in [1.54, 1.807) is 6.92 Å². The molecule has 18 heavy (non-hydrogen) atoms. The van der Waals surface area contributed by atoms with Crippen LogP contribution in [-0.2, 0) is 9.53 Å². The number of allylic oxidation sites excluding steroid dienone is 1. The van der Waals surface area contributed by atoms with Gasteiger partial charge in [-0.3, -0.25) is 0 Å². The number of rotatable bonds is 4. The average molecular weight is 267 g/mol. The molecule has 0 saturated carbocycles. The molecule has 0 amide bonds. The standard InChI is InChI=1S/C15H19ClO2/c1-10(2)9-14(11(3)15(17)18-4)12-5-7-13(16)8-6-12/h5-8,10H,9H2,1-4H3/b14-11-. The van der Waals surface area contributed by atoms with Crippen molar-refractivity contribution < 1.29 is 9.53 Å². The molecule has 1 aromatic rings. The normalized spacial score (nSPS) is 12.3. The Morgan fingerprint density at radius 1 is 1.28 bits per heavy atom.